The summed E-state index contributed by atoms with van der Waals surface area (Å²) in [6.45, 7) is 6.63. The van der Waals surface area contributed by atoms with E-state index in [-0.39, 0.29) is 22.8 Å². The van der Waals surface area contributed by atoms with Crippen molar-refractivity contribution in [3.8, 4) is 0 Å². The molecule has 4 nitrogen and oxygen atoms in total. The minimum absolute atomic E-state index is 0.202. The molecule has 0 radical (unpaired) electrons. The predicted octanol–water partition coefficient (Wildman–Crippen LogP) is 6.45. The summed E-state index contributed by atoms with van der Waals surface area (Å²) >= 11 is 0. The van der Waals surface area contributed by atoms with Crippen LogP contribution >= 0.6 is 0 Å². The van der Waals surface area contributed by atoms with Gasteiger partial charge in [-0.1, -0.05) is 70.0 Å². The van der Waals surface area contributed by atoms with Crippen LogP contribution in [0.1, 0.15) is 80.0 Å². The van der Waals surface area contributed by atoms with Gasteiger partial charge in [0.25, 0.3) is 0 Å². The first-order chi connectivity index (χ1) is 15.4. The molecule has 0 N–H and O–H groups in total. The summed E-state index contributed by atoms with van der Waals surface area (Å²) in [6, 6.07) is 18.2. The van der Waals surface area contributed by atoms with E-state index < -0.39 is 12.2 Å². The highest BCUT2D eigenvalue weighted by Crippen LogP contribution is 2.57. The lowest BCUT2D eigenvalue weighted by Crippen LogP contribution is -2.61. The first-order valence-corrected chi connectivity index (χ1v) is 11.9. The normalized spacial score (nSPS) is 29.8. The molecule has 0 amide bonds. The molecule has 2 fully saturated rings. The molecule has 4 heteroatoms. The summed E-state index contributed by atoms with van der Waals surface area (Å²) in [5.41, 5.74) is 0.639. The summed E-state index contributed by atoms with van der Waals surface area (Å²) in [7, 11) is 0. The lowest BCUT2D eigenvalue weighted by molar-refractivity contribution is -0.185. The Kier molecular flexibility index (Phi) is 6.41. The van der Waals surface area contributed by atoms with Crippen LogP contribution in [0.2, 0.25) is 0 Å². The maximum absolute atomic E-state index is 13.2. The average Bonchev–Trinajstić information content (AvgIpc) is 2.79. The van der Waals surface area contributed by atoms with Gasteiger partial charge in [-0.05, 0) is 55.9 Å². The van der Waals surface area contributed by atoms with Gasteiger partial charge in [-0.25, -0.2) is 9.59 Å². The third kappa shape index (κ3) is 4.20. The Balaban J connectivity index is 1.73. The molecule has 0 saturated heterocycles. The molecular weight excluding hydrogens is 400 g/mol. The number of benzene rings is 2. The number of hydrogen-bond donors (Lipinski definition) is 0. The predicted molar refractivity (Wildman–Crippen MR) is 124 cm³/mol. The molecule has 4 atom stereocenters. The summed E-state index contributed by atoms with van der Waals surface area (Å²) in [5, 5.41) is 0. The molecular formula is C28H34O4. The standard InChI is InChI=1S/C28H34O4/c1-20(2)28-17-11-10-16-27(3,18-19-28)23(31-25(29)21-12-6-4-7-13-21)24(28)32-26(30)22-14-8-5-9-15-22/h4-9,12-15,20,23-24H,10-11,16-19H2,1-3H3. The second kappa shape index (κ2) is 9.09. The van der Waals surface area contributed by atoms with E-state index in [0.717, 1.165) is 38.5 Å². The number of rotatable bonds is 5. The van der Waals surface area contributed by atoms with E-state index in [4.69, 9.17) is 9.47 Å². The third-order valence-corrected chi connectivity index (χ3v) is 7.97. The van der Waals surface area contributed by atoms with Gasteiger partial charge in [0.1, 0.15) is 12.2 Å². The van der Waals surface area contributed by atoms with Crippen LogP contribution in [-0.4, -0.2) is 24.1 Å². The molecule has 170 valence electrons. The van der Waals surface area contributed by atoms with Crippen molar-refractivity contribution in [1.82, 2.24) is 0 Å². The minimum Gasteiger partial charge on any atom is -0.454 e. The van der Waals surface area contributed by atoms with Crippen molar-refractivity contribution in [2.24, 2.45) is 16.7 Å². The SMILES string of the molecule is CC(C)C12CCCCC(C)(CC1)C(OC(=O)c1ccccc1)C2OC(=O)c1ccccc1. The zero-order valence-electron chi connectivity index (χ0n) is 19.4. The Bertz CT molecular complexity index is 938. The van der Waals surface area contributed by atoms with Crippen LogP contribution in [0.15, 0.2) is 60.7 Å². The Morgan fingerprint density at radius 1 is 0.750 bits per heavy atom. The molecule has 4 rings (SSSR count). The lowest BCUT2D eigenvalue weighted by Gasteiger charge is -2.57. The number of hydrogen-bond acceptors (Lipinski definition) is 4. The average molecular weight is 435 g/mol. The van der Waals surface area contributed by atoms with Crippen LogP contribution in [0, 0.1) is 16.7 Å². The number of esters is 2. The van der Waals surface area contributed by atoms with Crippen molar-refractivity contribution in [3.05, 3.63) is 71.8 Å². The maximum atomic E-state index is 13.2. The van der Waals surface area contributed by atoms with E-state index in [2.05, 4.69) is 20.8 Å². The topological polar surface area (TPSA) is 52.6 Å². The van der Waals surface area contributed by atoms with Gasteiger partial charge in [0.15, 0.2) is 0 Å². The first kappa shape index (κ1) is 22.6. The molecule has 2 saturated carbocycles. The van der Waals surface area contributed by atoms with Crippen molar-refractivity contribution >= 4 is 11.9 Å². The molecule has 2 aromatic rings. The van der Waals surface area contributed by atoms with Gasteiger partial charge in [-0.2, -0.15) is 0 Å². The van der Waals surface area contributed by atoms with Crippen LogP contribution in [0.5, 0.6) is 0 Å². The number of fused-ring (bicyclic) bond motifs is 3. The van der Waals surface area contributed by atoms with Gasteiger partial charge in [0.05, 0.1) is 11.1 Å². The smallest absolute Gasteiger partial charge is 0.338 e. The van der Waals surface area contributed by atoms with Gasteiger partial charge in [-0.3, -0.25) is 0 Å². The van der Waals surface area contributed by atoms with Crippen LogP contribution in [0.25, 0.3) is 0 Å². The fraction of sp³-hybridized carbons (Fsp3) is 0.500. The zero-order chi connectivity index (χ0) is 22.8. The second-order valence-corrected chi connectivity index (χ2v) is 10.1. The second-order valence-electron chi connectivity index (χ2n) is 10.1. The van der Waals surface area contributed by atoms with Crippen molar-refractivity contribution in [2.45, 2.75) is 71.5 Å². The Morgan fingerprint density at radius 3 is 1.78 bits per heavy atom. The summed E-state index contributed by atoms with van der Waals surface area (Å²) < 4.78 is 12.6. The number of carbonyl (C=O) groups is 2. The molecule has 0 aliphatic heterocycles. The minimum atomic E-state index is -0.473. The highest BCUT2D eigenvalue weighted by Gasteiger charge is 2.59. The van der Waals surface area contributed by atoms with E-state index in [0.29, 0.717) is 17.0 Å². The largest absolute Gasteiger partial charge is 0.454 e. The Labute approximate surface area is 191 Å². The van der Waals surface area contributed by atoms with Gasteiger partial charge in [0, 0.05) is 10.8 Å². The van der Waals surface area contributed by atoms with E-state index in [1.54, 1.807) is 24.3 Å². The summed E-state index contributed by atoms with van der Waals surface area (Å²) in [5.74, 6) is -0.384. The van der Waals surface area contributed by atoms with Crippen LogP contribution < -0.4 is 0 Å². The monoisotopic (exact) mass is 434 g/mol. The molecule has 0 aromatic heterocycles. The van der Waals surface area contributed by atoms with E-state index >= 15 is 0 Å². The highest BCUT2D eigenvalue weighted by molar-refractivity contribution is 5.90. The molecule has 32 heavy (non-hydrogen) atoms. The molecule has 2 aliphatic carbocycles. The molecule has 2 bridgehead atoms. The molecule has 0 spiro atoms. The van der Waals surface area contributed by atoms with Gasteiger partial charge < -0.3 is 9.47 Å². The van der Waals surface area contributed by atoms with Gasteiger partial charge in [0.2, 0.25) is 0 Å². The highest BCUT2D eigenvalue weighted by atomic mass is 16.6. The van der Waals surface area contributed by atoms with Gasteiger partial charge in [-0.15, -0.1) is 0 Å². The number of carbonyl (C=O) groups excluding carboxylic acids is 2. The summed E-state index contributed by atoms with van der Waals surface area (Å²) in [4.78, 5) is 26.3. The molecule has 2 aliphatic rings. The lowest BCUT2D eigenvalue weighted by atomic mass is 9.52. The van der Waals surface area contributed by atoms with Crippen molar-refractivity contribution in [2.75, 3.05) is 0 Å². The maximum Gasteiger partial charge on any atom is 0.338 e. The van der Waals surface area contributed by atoms with Crippen LogP contribution in [0.4, 0.5) is 0 Å². The fourth-order valence-electron chi connectivity index (χ4n) is 5.79. The Hall–Kier alpha value is -2.62. The molecule has 2 aromatic carbocycles. The van der Waals surface area contributed by atoms with Crippen LogP contribution in [0.3, 0.4) is 0 Å². The van der Waals surface area contributed by atoms with E-state index in [1.165, 1.54) is 0 Å². The number of ether oxygens (including phenoxy) is 2. The molecule has 0 heterocycles. The quantitative estimate of drug-likeness (QED) is 0.507. The van der Waals surface area contributed by atoms with Crippen LogP contribution in [-0.2, 0) is 9.47 Å². The zero-order valence-corrected chi connectivity index (χ0v) is 19.4. The van der Waals surface area contributed by atoms with E-state index in [1.807, 2.05) is 36.4 Å². The van der Waals surface area contributed by atoms with Crippen molar-refractivity contribution in [1.29, 1.82) is 0 Å². The third-order valence-electron chi connectivity index (χ3n) is 7.97. The first-order valence-electron chi connectivity index (χ1n) is 11.9. The summed E-state index contributed by atoms with van der Waals surface area (Å²) in [6.07, 6.45) is 5.15. The Morgan fingerprint density at radius 2 is 1.25 bits per heavy atom. The van der Waals surface area contributed by atoms with Gasteiger partial charge >= 0.3 is 11.9 Å². The molecule has 4 unspecified atom stereocenters. The van der Waals surface area contributed by atoms with E-state index in [9.17, 15) is 9.59 Å². The fourth-order valence-corrected chi connectivity index (χ4v) is 5.79. The van der Waals surface area contributed by atoms with Crippen molar-refractivity contribution < 1.29 is 19.1 Å². The van der Waals surface area contributed by atoms with Crippen molar-refractivity contribution in [3.63, 3.8) is 0 Å².